The summed E-state index contributed by atoms with van der Waals surface area (Å²) in [5.41, 5.74) is 2.80. The van der Waals surface area contributed by atoms with E-state index in [0.717, 1.165) is 44.0 Å². The van der Waals surface area contributed by atoms with Crippen LogP contribution in [0.25, 0.3) is 0 Å². The normalized spacial score (nSPS) is 19.6. The average molecular weight is 555 g/mol. The van der Waals surface area contributed by atoms with Crippen LogP contribution in [-0.2, 0) is 32.2 Å². The summed E-state index contributed by atoms with van der Waals surface area (Å²) in [4.78, 5) is 54.9. The molecule has 0 saturated carbocycles. The van der Waals surface area contributed by atoms with Gasteiger partial charge in [-0.15, -0.1) is 0 Å². The van der Waals surface area contributed by atoms with Crippen LogP contribution < -0.4 is 15.0 Å². The lowest BCUT2D eigenvalue weighted by molar-refractivity contribution is -0.137. The van der Waals surface area contributed by atoms with Gasteiger partial charge in [0, 0.05) is 56.8 Å². The SMILES string of the molecule is CC(=O)N(Cc1ccc2c(c1)CN(C1CCC(=O)NC1=O)C2=O)c1ccc(Cl)c(OCCN2CCOCC2)c1. The maximum atomic E-state index is 13.0. The summed E-state index contributed by atoms with van der Waals surface area (Å²) in [6, 6.07) is 10.0. The van der Waals surface area contributed by atoms with Gasteiger partial charge in [-0.05, 0) is 35.7 Å². The Kier molecular flexibility index (Phi) is 8.15. The van der Waals surface area contributed by atoms with Crippen LogP contribution in [0.1, 0.15) is 41.3 Å². The van der Waals surface area contributed by atoms with Gasteiger partial charge in [-0.3, -0.25) is 29.4 Å². The third-order valence-corrected chi connectivity index (χ3v) is 7.62. The molecule has 0 radical (unpaired) electrons. The molecular formula is C28H31ClN4O6. The number of benzene rings is 2. The van der Waals surface area contributed by atoms with Crippen LogP contribution in [0.15, 0.2) is 36.4 Å². The number of anilines is 1. The molecular weight excluding hydrogens is 524 g/mol. The van der Waals surface area contributed by atoms with Crippen molar-refractivity contribution in [2.24, 2.45) is 0 Å². The number of nitrogens with one attached hydrogen (secondary N) is 1. The number of imide groups is 1. The molecule has 2 fully saturated rings. The van der Waals surface area contributed by atoms with Gasteiger partial charge in [0.1, 0.15) is 18.4 Å². The Morgan fingerprint density at radius 3 is 2.69 bits per heavy atom. The molecule has 2 aromatic carbocycles. The number of carbonyl (C=O) groups is 4. The summed E-state index contributed by atoms with van der Waals surface area (Å²) >= 11 is 6.39. The first-order chi connectivity index (χ1) is 18.8. The molecule has 4 amide bonds. The van der Waals surface area contributed by atoms with Gasteiger partial charge in [-0.2, -0.15) is 0 Å². The Labute approximate surface area is 231 Å². The van der Waals surface area contributed by atoms with Gasteiger partial charge in [0.2, 0.25) is 17.7 Å². The number of fused-ring (bicyclic) bond motifs is 1. The highest BCUT2D eigenvalue weighted by atomic mass is 35.5. The first-order valence-corrected chi connectivity index (χ1v) is 13.4. The number of piperidine rings is 1. The summed E-state index contributed by atoms with van der Waals surface area (Å²) < 4.78 is 11.3. The van der Waals surface area contributed by atoms with Crippen molar-refractivity contribution in [2.75, 3.05) is 44.4 Å². The highest BCUT2D eigenvalue weighted by Gasteiger charge is 2.39. The van der Waals surface area contributed by atoms with Gasteiger partial charge in [0.15, 0.2) is 0 Å². The Bertz CT molecular complexity index is 1290. The van der Waals surface area contributed by atoms with E-state index in [0.29, 0.717) is 35.1 Å². The zero-order valence-corrected chi connectivity index (χ0v) is 22.5. The molecule has 2 saturated heterocycles. The molecule has 206 valence electrons. The van der Waals surface area contributed by atoms with Crippen LogP contribution in [0.3, 0.4) is 0 Å². The minimum atomic E-state index is -0.671. The molecule has 0 aliphatic carbocycles. The second kappa shape index (κ2) is 11.7. The summed E-state index contributed by atoms with van der Waals surface area (Å²) in [5.74, 6) is -0.640. The first-order valence-electron chi connectivity index (χ1n) is 13.1. The van der Waals surface area contributed by atoms with E-state index >= 15 is 0 Å². The van der Waals surface area contributed by atoms with Crippen molar-refractivity contribution in [1.29, 1.82) is 0 Å². The van der Waals surface area contributed by atoms with Gasteiger partial charge in [-0.25, -0.2) is 0 Å². The van der Waals surface area contributed by atoms with Crippen molar-refractivity contribution in [3.8, 4) is 5.75 Å². The van der Waals surface area contributed by atoms with Crippen LogP contribution in [0.5, 0.6) is 5.75 Å². The van der Waals surface area contributed by atoms with E-state index in [1.54, 1.807) is 29.2 Å². The second-order valence-electron chi connectivity index (χ2n) is 9.91. The number of rotatable bonds is 8. The lowest BCUT2D eigenvalue weighted by atomic mass is 10.0. The molecule has 1 atom stereocenters. The van der Waals surface area contributed by atoms with E-state index in [-0.39, 0.29) is 37.2 Å². The van der Waals surface area contributed by atoms with Crippen LogP contribution >= 0.6 is 11.6 Å². The first kappa shape index (κ1) is 27.1. The predicted octanol–water partition coefficient (Wildman–Crippen LogP) is 2.37. The van der Waals surface area contributed by atoms with Crippen molar-refractivity contribution in [3.63, 3.8) is 0 Å². The largest absolute Gasteiger partial charge is 0.491 e. The Morgan fingerprint density at radius 2 is 1.95 bits per heavy atom. The number of nitrogens with zero attached hydrogens (tertiary/aromatic N) is 3. The van der Waals surface area contributed by atoms with E-state index in [1.807, 2.05) is 12.1 Å². The number of halogens is 1. The van der Waals surface area contributed by atoms with Gasteiger partial charge in [0.25, 0.3) is 5.91 Å². The van der Waals surface area contributed by atoms with E-state index < -0.39 is 11.9 Å². The number of hydrogen-bond acceptors (Lipinski definition) is 7. The molecule has 10 nitrogen and oxygen atoms in total. The fourth-order valence-corrected chi connectivity index (χ4v) is 5.35. The summed E-state index contributed by atoms with van der Waals surface area (Å²) in [5, 5.41) is 2.78. The molecule has 0 spiro atoms. The van der Waals surface area contributed by atoms with Crippen molar-refractivity contribution >= 4 is 40.9 Å². The number of ether oxygens (including phenoxy) is 2. The Hall–Kier alpha value is -3.47. The number of morpholine rings is 1. The Morgan fingerprint density at radius 1 is 1.15 bits per heavy atom. The smallest absolute Gasteiger partial charge is 0.255 e. The molecule has 39 heavy (non-hydrogen) atoms. The standard InChI is InChI=1S/C28H31ClN4O6/c1-18(34)32(21-3-5-23(29)25(15-21)39-13-10-31-8-11-38-12-9-31)16-19-2-4-22-20(14-19)17-33(28(22)37)24-6-7-26(35)30-27(24)36/h2-5,14-15,24H,6-13,16-17H2,1H3,(H,30,35,36). The van der Waals surface area contributed by atoms with Crippen molar-refractivity contribution in [1.82, 2.24) is 15.1 Å². The van der Waals surface area contributed by atoms with Crippen LogP contribution in [-0.4, -0.2) is 78.9 Å². The molecule has 3 heterocycles. The van der Waals surface area contributed by atoms with Crippen LogP contribution in [0.4, 0.5) is 5.69 Å². The van der Waals surface area contributed by atoms with Crippen LogP contribution in [0.2, 0.25) is 5.02 Å². The van der Waals surface area contributed by atoms with Crippen LogP contribution in [0, 0.1) is 0 Å². The second-order valence-corrected chi connectivity index (χ2v) is 10.3. The summed E-state index contributed by atoms with van der Waals surface area (Å²) in [6.45, 7) is 6.44. The molecule has 0 aromatic heterocycles. The zero-order chi connectivity index (χ0) is 27.5. The molecule has 1 unspecified atom stereocenters. The van der Waals surface area contributed by atoms with Gasteiger partial charge in [-0.1, -0.05) is 23.7 Å². The van der Waals surface area contributed by atoms with Crippen molar-refractivity contribution in [3.05, 3.63) is 58.1 Å². The van der Waals surface area contributed by atoms with E-state index in [4.69, 9.17) is 21.1 Å². The molecule has 2 aromatic rings. The molecule has 3 aliphatic heterocycles. The van der Waals surface area contributed by atoms with E-state index in [2.05, 4.69) is 10.2 Å². The average Bonchev–Trinajstić information content (AvgIpc) is 3.24. The highest BCUT2D eigenvalue weighted by Crippen LogP contribution is 2.32. The lowest BCUT2D eigenvalue weighted by Crippen LogP contribution is -2.52. The highest BCUT2D eigenvalue weighted by molar-refractivity contribution is 6.32. The van der Waals surface area contributed by atoms with E-state index in [1.165, 1.54) is 11.8 Å². The molecule has 11 heteroatoms. The fraction of sp³-hybridized carbons (Fsp3) is 0.429. The molecule has 3 aliphatic rings. The number of hydrogen-bond donors (Lipinski definition) is 1. The predicted molar refractivity (Wildman–Crippen MR) is 144 cm³/mol. The zero-order valence-electron chi connectivity index (χ0n) is 21.8. The summed E-state index contributed by atoms with van der Waals surface area (Å²) in [6.07, 6.45) is 0.512. The van der Waals surface area contributed by atoms with Gasteiger partial charge in [0.05, 0.1) is 24.8 Å². The molecule has 0 bridgehead atoms. The lowest BCUT2D eigenvalue weighted by Gasteiger charge is -2.29. The van der Waals surface area contributed by atoms with E-state index in [9.17, 15) is 19.2 Å². The minimum absolute atomic E-state index is 0.154. The van der Waals surface area contributed by atoms with Crippen molar-refractivity contribution in [2.45, 2.75) is 38.9 Å². The number of amides is 4. The number of carbonyl (C=O) groups excluding carboxylic acids is 4. The van der Waals surface area contributed by atoms with Gasteiger partial charge >= 0.3 is 0 Å². The van der Waals surface area contributed by atoms with Crippen molar-refractivity contribution < 1.29 is 28.7 Å². The maximum Gasteiger partial charge on any atom is 0.255 e. The van der Waals surface area contributed by atoms with Gasteiger partial charge < -0.3 is 19.3 Å². The Balaban J connectivity index is 1.27. The minimum Gasteiger partial charge on any atom is -0.491 e. The third-order valence-electron chi connectivity index (χ3n) is 7.30. The third kappa shape index (κ3) is 6.08. The topological polar surface area (TPSA) is 108 Å². The summed E-state index contributed by atoms with van der Waals surface area (Å²) in [7, 11) is 0. The quantitative estimate of drug-likeness (QED) is 0.499. The molecule has 1 N–H and O–H groups in total. The monoisotopic (exact) mass is 554 g/mol. The fourth-order valence-electron chi connectivity index (χ4n) is 5.17. The molecule has 5 rings (SSSR count). The maximum absolute atomic E-state index is 13.0.